The van der Waals surface area contributed by atoms with Crippen molar-refractivity contribution in [2.75, 3.05) is 19.0 Å². The molecule has 7 nitrogen and oxygen atoms in total. The fourth-order valence-corrected chi connectivity index (χ4v) is 2.02. The summed E-state index contributed by atoms with van der Waals surface area (Å²) >= 11 is 5.86. The van der Waals surface area contributed by atoms with Gasteiger partial charge in [-0.1, -0.05) is 16.8 Å². The Morgan fingerprint density at radius 1 is 1.17 bits per heavy atom. The van der Waals surface area contributed by atoms with E-state index in [4.69, 9.17) is 20.9 Å². The first-order valence-electron chi connectivity index (χ1n) is 6.94. The van der Waals surface area contributed by atoms with E-state index in [-0.39, 0.29) is 0 Å². The number of methoxy groups -OCH3 is 1. The average molecular weight is 332 g/mol. The minimum Gasteiger partial charge on any atom is -0.481 e. The Hall–Kier alpha value is -2.67. The monoisotopic (exact) mass is 331 g/mol. The molecule has 0 aliphatic rings. The number of ether oxygens (including phenoxy) is 1. The number of rotatable bonds is 6. The Kier molecular flexibility index (Phi) is 4.68. The molecular weight excluding hydrogens is 318 g/mol. The maximum absolute atomic E-state index is 5.86. The van der Waals surface area contributed by atoms with Crippen molar-refractivity contribution in [2.24, 2.45) is 0 Å². The third-order valence-electron chi connectivity index (χ3n) is 3.03. The average Bonchev–Trinajstić information content (AvgIpc) is 3.04. The molecule has 1 aromatic carbocycles. The molecule has 2 aromatic heterocycles. The van der Waals surface area contributed by atoms with Crippen LogP contribution in [0.15, 0.2) is 41.1 Å². The molecule has 8 heteroatoms. The van der Waals surface area contributed by atoms with Gasteiger partial charge in [-0.15, -0.1) is 0 Å². The van der Waals surface area contributed by atoms with Crippen molar-refractivity contribution >= 4 is 17.5 Å². The molecule has 0 bridgehead atoms. The van der Waals surface area contributed by atoms with Gasteiger partial charge in [0.15, 0.2) is 0 Å². The fraction of sp³-hybridized carbons (Fsp3) is 0.200. The maximum atomic E-state index is 5.86. The number of hydrogen-bond donors (Lipinski definition) is 1. The van der Waals surface area contributed by atoms with Gasteiger partial charge in [0.2, 0.25) is 23.5 Å². The Morgan fingerprint density at radius 2 is 2.00 bits per heavy atom. The number of hydrogen-bond acceptors (Lipinski definition) is 7. The molecule has 0 amide bonds. The van der Waals surface area contributed by atoms with E-state index in [1.165, 1.54) is 0 Å². The second-order valence-electron chi connectivity index (χ2n) is 4.62. The van der Waals surface area contributed by atoms with Crippen LogP contribution in [-0.4, -0.2) is 33.8 Å². The van der Waals surface area contributed by atoms with Crippen LogP contribution in [0.5, 0.6) is 5.88 Å². The van der Waals surface area contributed by atoms with Gasteiger partial charge in [0.05, 0.1) is 7.11 Å². The molecule has 1 N–H and O–H groups in total. The molecule has 2 heterocycles. The molecule has 0 unspecified atom stereocenters. The van der Waals surface area contributed by atoms with Gasteiger partial charge in [0, 0.05) is 35.8 Å². The predicted molar refractivity (Wildman–Crippen MR) is 85.5 cm³/mol. The number of halogens is 1. The van der Waals surface area contributed by atoms with Crippen molar-refractivity contribution in [3.05, 3.63) is 47.4 Å². The summed E-state index contributed by atoms with van der Waals surface area (Å²) in [6, 6.07) is 8.95. The number of anilines is 1. The summed E-state index contributed by atoms with van der Waals surface area (Å²) in [6.07, 6.45) is 2.18. The maximum Gasteiger partial charge on any atom is 0.228 e. The van der Waals surface area contributed by atoms with Crippen LogP contribution in [0.3, 0.4) is 0 Å². The van der Waals surface area contributed by atoms with Crippen molar-refractivity contribution in [3.63, 3.8) is 0 Å². The third-order valence-corrected chi connectivity index (χ3v) is 3.28. The first kappa shape index (κ1) is 15.2. The van der Waals surface area contributed by atoms with Crippen LogP contribution in [-0.2, 0) is 6.42 Å². The summed E-state index contributed by atoms with van der Waals surface area (Å²) in [6.45, 7) is 0.565. The van der Waals surface area contributed by atoms with Crippen LogP contribution in [0.4, 0.5) is 5.95 Å². The standard InChI is InChI=1S/C15H14ClN5O2/c1-22-12-6-8-17-15(20-12)18-9-7-13-19-14(21-23-13)10-2-4-11(16)5-3-10/h2-6,8H,7,9H2,1H3,(H,17,18,20). The van der Waals surface area contributed by atoms with E-state index in [0.717, 1.165) is 5.56 Å². The van der Waals surface area contributed by atoms with Crippen LogP contribution in [0, 0.1) is 0 Å². The summed E-state index contributed by atoms with van der Waals surface area (Å²) in [5.41, 5.74) is 0.855. The highest BCUT2D eigenvalue weighted by atomic mass is 35.5. The Balaban J connectivity index is 1.58. The molecule has 0 aliphatic heterocycles. The van der Waals surface area contributed by atoms with Crippen LogP contribution in [0.1, 0.15) is 5.89 Å². The van der Waals surface area contributed by atoms with Crippen molar-refractivity contribution in [3.8, 4) is 17.3 Å². The van der Waals surface area contributed by atoms with Gasteiger partial charge in [-0.2, -0.15) is 9.97 Å². The summed E-state index contributed by atoms with van der Waals surface area (Å²) in [5, 5.41) is 7.70. The van der Waals surface area contributed by atoms with Crippen molar-refractivity contribution in [2.45, 2.75) is 6.42 Å². The second kappa shape index (κ2) is 7.06. The predicted octanol–water partition coefficient (Wildman–Crippen LogP) is 2.84. The zero-order valence-electron chi connectivity index (χ0n) is 12.4. The lowest BCUT2D eigenvalue weighted by Gasteiger charge is -2.03. The van der Waals surface area contributed by atoms with Crippen LogP contribution in [0.2, 0.25) is 5.02 Å². The van der Waals surface area contributed by atoms with E-state index in [1.54, 1.807) is 31.5 Å². The zero-order chi connectivity index (χ0) is 16.1. The molecule has 0 fully saturated rings. The lowest BCUT2D eigenvalue weighted by Crippen LogP contribution is -2.08. The van der Waals surface area contributed by atoms with Crippen molar-refractivity contribution in [1.82, 2.24) is 20.1 Å². The SMILES string of the molecule is COc1ccnc(NCCc2nc(-c3ccc(Cl)cc3)no2)n1. The van der Waals surface area contributed by atoms with Gasteiger partial charge in [0.25, 0.3) is 0 Å². The van der Waals surface area contributed by atoms with Gasteiger partial charge < -0.3 is 14.6 Å². The van der Waals surface area contributed by atoms with Crippen LogP contribution < -0.4 is 10.1 Å². The highest BCUT2D eigenvalue weighted by Gasteiger charge is 2.08. The number of benzene rings is 1. The van der Waals surface area contributed by atoms with Gasteiger partial charge >= 0.3 is 0 Å². The molecule has 23 heavy (non-hydrogen) atoms. The zero-order valence-corrected chi connectivity index (χ0v) is 13.1. The van der Waals surface area contributed by atoms with Gasteiger partial charge in [-0.3, -0.25) is 0 Å². The van der Waals surface area contributed by atoms with Crippen molar-refractivity contribution in [1.29, 1.82) is 0 Å². The number of nitrogens with one attached hydrogen (secondary N) is 1. The lowest BCUT2D eigenvalue weighted by atomic mass is 10.2. The van der Waals surface area contributed by atoms with Gasteiger partial charge in [-0.25, -0.2) is 4.98 Å². The van der Waals surface area contributed by atoms with Crippen LogP contribution in [0.25, 0.3) is 11.4 Å². The number of aromatic nitrogens is 4. The molecule has 0 atom stereocenters. The van der Waals surface area contributed by atoms with E-state index in [2.05, 4.69) is 25.4 Å². The topological polar surface area (TPSA) is 86.0 Å². The quantitative estimate of drug-likeness (QED) is 0.743. The lowest BCUT2D eigenvalue weighted by molar-refractivity contribution is 0.381. The largest absolute Gasteiger partial charge is 0.481 e. The van der Waals surface area contributed by atoms with Crippen LogP contribution >= 0.6 is 11.6 Å². The Labute approximate surface area is 137 Å². The van der Waals surface area contributed by atoms with E-state index in [1.807, 2.05) is 12.1 Å². The summed E-state index contributed by atoms with van der Waals surface area (Å²) < 4.78 is 10.3. The first-order valence-corrected chi connectivity index (χ1v) is 7.32. The molecule has 0 aliphatic carbocycles. The molecule has 0 spiro atoms. The summed E-state index contributed by atoms with van der Waals surface area (Å²) in [7, 11) is 1.56. The smallest absolute Gasteiger partial charge is 0.228 e. The minimum absolute atomic E-state index is 0.488. The van der Waals surface area contributed by atoms with Gasteiger partial charge in [-0.05, 0) is 24.3 Å². The van der Waals surface area contributed by atoms with E-state index in [9.17, 15) is 0 Å². The van der Waals surface area contributed by atoms with Gasteiger partial charge in [0.1, 0.15) is 0 Å². The normalized spacial score (nSPS) is 10.5. The molecule has 3 aromatic rings. The summed E-state index contributed by atoms with van der Waals surface area (Å²) in [5.74, 6) is 2.06. The highest BCUT2D eigenvalue weighted by molar-refractivity contribution is 6.30. The molecule has 0 radical (unpaired) electrons. The Bertz CT molecular complexity index is 776. The first-order chi connectivity index (χ1) is 11.2. The van der Waals surface area contributed by atoms with E-state index >= 15 is 0 Å². The van der Waals surface area contributed by atoms with E-state index < -0.39 is 0 Å². The number of nitrogens with zero attached hydrogens (tertiary/aromatic N) is 4. The molecule has 0 saturated heterocycles. The molecule has 118 valence electrons. The minimum atomic E-state index is 0.488. The fourth-order valence-electron chi connectivity index (χ4n) is 1.89. The molecular formula is C15H14ClN5O2. The summed E-state index contributed by atoms with van der Waals surface area (Å²) in [4.78, 5) is 12.6. The van der Waals surface area contributed by atoms with E-state index in [0.29, 0.717) is 41.5 Å². The highest BCUT2D eigenvalue weighted by Crippen LogP contribution is 2.18. The Morgan fingerprint density at radius 3 is 2.78 bits per heavy atom. The molecule has 0 saturated carbocycles. The van der Waals surface area contributed by atoms with Crippen molar-refractivity contribution < 1.29 is 9.26 Å². The molecule has 3 rings (SSSR count). The second-order valence-corrected chi connectivity index (χ2v) is 5.05. The third kappa shape index (κ3) is 3.95.